The largest absolute Gasteiger partial charge is 0.416 e. The Bertz CT molecular complexity index is 1120. The van der Waals surface area contributed by atoms with Gasteiger partial charge in [-0.2, -0.15) is 13.2 Å². The number of rotatable bonds is 5. The summed E-state index contributed by atoms with van der Waals surface area (Å²) in [6.07, 6.45) is 1.49. The number of alkyl halides is 3. The fourth-order valence-corrected chi connectivity index (χ4v) is 6.30. The van der Waals surface area contributed by atoms with Crippen LogP contribution in [0.5, 0.6) is 0 Å². The van der Waals surface area contributed by atoms with Crippen LogP contribution < -0.4 is 0 Å². The summed E-state index contributed by atoms with van der Waals surface area (Å²) in [5, 5.41) is 0. The fraction of sp³-hybridized carbons (Fsp3) is 0.407. The monoisotopic (exact) mass is 533 g/mol. The first kappa shape index (κ1) is 24.7. The van der Waals surface area contributed by atoms with Gasteiger partial charge in [-0.05, 0) is 60.1 Å². The minimum absolute atomic E-state index is 0.0195. The first-order valence-electron chi connectivity index (χ1n) is 11.6. The molecule has 0 aromatic heterocycles. The van der Waals surface area contributed by atoms with E-state index in [4.69, 9.17) is 0 Å². The number of benzene rings is 2. The zero-order chi connectivity index (χ0) is 24.5. The second-order valence-electron chi connectivity index (χ2n) is 9.23. The minimum atomic E-state index is -4.47. The van der Waals surface area contributed by atoms with Gasteiger partial charge in [-0.15, -0.1) is 0 Å². The number of carbonyl (C=O) groups is 2. The Kier molecular flexibility index (Phi) is 7.04. The molecule has 1 fully saturated rings. The van der Waals surface area contributed by atoms with Crippen molar-refractivity contribution < 1.29 is 22.8 Å². The summed E-state index contributed by atoms with van der Waals surface area (Å²) in [6, 6.07) is 11.4. The van der Waals surface area contributed by atoms with E-state index in [9.17, 15) is 22.8 Å². The number of amides is 1. The third-order valence-electron chi connectivity index (χ3n) is 7.23. The number of fused-ring (bicyclic) bond motifs is 2. The van der Waals surface area contributed by atoms with Crippen molar-refractivity contribution in [2.24, 2.45) is 0 Å². The van der Waals surface area contributed by atoms with E-state index in [0.717, 1.165) is 29.8 Å². The van der Waals surface area contributed by atoms with Gasteiger partial charge in [-0.25, -0.2) is 0 Å². The Hall–Kier alpha value is -2.41. The number of piperidine rings is 1. The van der Waals surface area contributed by atoms with Crippen molar-refractivity contribution in [1.82, 2.24) is 4.90 Å². The second-order valence-corrected chi connectivity index (χ2v) is 10.1. The van der Waals surface area contributed by atoms with Crippen LogP contribution in [0.25, 0.3) is 6.08 Å². The van der Waals surface area contributed by atoms with Crippen molar-refractivity contribution in [3.05, 3.63) is 75.3 Å². The molecule has 2 aliphatic rings. The number of nitrogens with zero attached hydrogens (tertiary/aromatic N) is 1. The SMILES string of the molecule is CCC(=O)CC1CC2(CCN(C(=O)/C=C/c3ccccc3C(F)(F)F)CC2)c2c(Br)cccc21. The van der Waals surface area contributed by atoms with Gasteiger partial charge in [-0.3, -0.25) is 9.59 Å². The minimum Gasteiger partial charge on any atom is -0.339 e. The van der Waals surface area contributed by atoms with Gasteiger partial charge in [0.05, 0.1) is 5.56 Å². The Labute approximate surface area is 206 Å². The molecule has 1 spiro atoms. The van der Waals surface area contributed by atoms with E-state index in [-0.39, 0.29) is 28.6 Å². The Morgan fingerprint density at radius 3 is 2.50 bits per heavy atom. The lowest BCUT2D eigenvalue weighted by atomic mass is 9.73. The van der Waals surface area contributed by atoms with Crippen LogP contribution in [0.2, 0.25) is 0 Å². The van der Waals surface area contributed by atoms with E-state index >= 15 is 0 Å². The fourth-order valence-electron chi connectivity index (χ4n) is 5.50. The van der Waals surface area contributed by atoms with Crippen molar-refractivity contribution >= 4 is 33.7 Å². The maximum absolute atomic E-state index is 13.2. The van der Waals surface area contributed by atoms with Crippen LogP contribution in [0.3, 0.4) is 0 Å². The van der Waals surface area contributed by atoms with Gasteiger partial charge in [-0.1, -0.05) is 53.2 Å². The zero-order valence-corrected chi connectivity index (χ0v) is 20.6. The van der Waals surface area contributed by atoms with E-state index in [1.807, 2.05) is 19.1 Å². The lowest BCUT2D eigenvalue weighted by Crippen LogP contribution is -2.44. The highest BCUT2D eigenvalue weighted by molar-refractivity contribution is 9.10. The molecule has 1 unspecified atom stereocenters. The van der Waals surface area contributed by atoms with Crippen LogP contribution in [-0.4, -0.2) is 29.7 Å². The summed E-state index contributed by atoms with van der Waals surface area (Å²) in [5.74, 6) is 0.153. The Morgan fingerprint density at radius 2 is 1.82 bits per heavy atom. The first-order chi connectivity index (χ1) is 16.1. The van der Waals surface area contributed by atoms with Crippen LogP contribution in [-0.2, 0) is 21.2 Å². The summed E-state index contributed by atoms with van der Waals surface area (Å²) in [5.41, 5.74) is 1.60. The number of carbonyl (C=O) groups excluding carboxylic acids is 2. The second kappa shape index (κ2) is 9.68. The summed E-state index contributed by atoms with van der Waals surface area (Å²) >= 11 is 3.72. The molecule has 0 saturated carbocycles. The topological polar surface area (TPSA) is 37.4 Å². The first-order valence-corrected chi connectivity index (χ1v) is 12.4. The summed E-state index contributed by atoms with van der Waals surface area (Å²) in [4.78, 5) is 26.7. The van der Waals surface area contributed by atoms with Crippen LogP contribution in [0.15, 0.2) is 53.0 Å². The average molecular weight is 534 g/mol. The molecular weight excluding hydrogens is 507 g/mol. The number of halogens is 4. The smallest absolute Gasteiger partial charge is 0.339 e. The van der Waals surface area contributed by atoms with Gasteiger partial charge in [0.25, 0.3) is 0 Å². The molecule has 0 N–H and O–H groups in total. The highest BCUT2D eigenvalue weighted by Crippen LogP contribution is 2.55. The Morgan fingerprint density at radius 1 is 1.12 bits per heavy atom. The molecule has 4 rings (SSSR count). The third kappa shape index (κ3) is 4.85. The molecule has 0 radical (unpaired) electrons. The number of hydrogen-bond donors (Lipinski definition) is 0. The molecule has 1 aliphatic heterocycles. The van der Waals surface area contributed by atoms with Crippen LogP contribution >= 0.6 is 15.9 Å². The van der Waals surface area contributed by atoms with Crippen LogP contribution in [0, 0.1) is 0 Å². The van der Waals surface area contributed by atoms with Gasteiger partial charge < -0.3 is 4.90 Å². The highest BCUT2D eigenvalue weighted by Gasteiger charge is 2.47. The third-order valence-corrected chi connectivity index (χ3v) is 7.89. The molecule has 2 aromatic carbocycles. The number of Topliss-reactive ketones (excluding diaryl/α,β-unsaturated/α-hetero) is 1. The molecule has 1 saturated heterocycles. The molecule has 3 nitrogen and oxygen atoms in total. The van der Waals surface area contributed by atoms with Crippen LogP contribution in [0.1, 0.15) is 67.2 Å². The summed E-state index contributed by atoms with van der Waals surface area (Å²) < 4.78 is 40.7. The highest BCUT2D eigenvalue weighted by atomic mass is 79.9. The average Bonchev–Trinajstić information content (AvgIpc) is 3.11. The maximum atomic E-state index is 13.2. The van der Waals surface area contributed by atoms with Gasteiger partial charge in [0.2, 0.25) is 5.91 Å². The summed E-state index contributed by atoms with van der Waals surface area (Å²) in [7, 11) is 0. The molecule has 1 aliphatic carbocycles. The standard InChI is InChI=1S/C27H27BrF3NO2/c1-2-20(33)16-19-17-26(25-21(19)7-5-9-23(25)28)12-14-32(15-13-26)24(34)11-10-18-6-3-4-8-22(18)27(29,30)31/h3-11,19H,2,12-17H2,1H3/b11-10+. The quantitative estimate of drug-likeness (QED) is 0.392. The molecular formula is C27H27BrF3NO2. The lowest BCUT2D eigenvalue weighted by Gasteiger charge is -2.40. The molecule has 180 valence electrons. The maximum Gasteiger partial charge on any atom is 0.416 e. The Balaban J connectivity index is 1.49. The van der Waals surface area contributed by atoms with E-state index in [1.165, 1.54) is 41.5 Å². The molecule has 1 atom stereocenters. The van der Waals surface area contributed by atoms with Crippen molar-refractivity contribution in [2.45, 2.75) is 56.5 Å². The number of likely N-dealkylation sites (tertiary alicyclic amines) is 1. The van der Waals surface area contributed by atoms with Crippen molar-refractivity contribution in [2.75, 3.05) is 13.1 Å². The van der Waals surface area contributed by atoms with Gasteiger partial charge >= 0.3 is 6.18 Å². The molecule has 0 bridgehead atoms. The number of hydrogen-bond acceptors (Lipinski definition) is 2. The van der Waals surface area contributed by atoms with Gasteiger partial charge in [0, 0.05) is 41.9 Å². The van der Waals surface area contributed by atoms with E-state index in [0.29, 0.717) is 25.9 Å². The normalized spacial score (nSPS) is 19.6. The summed E-state index contributed by atoms with van der Waals surface area (Å²) in [6.45, 7) is 2.94. The van der Waals surface area contributed by atoms with E-state index < -0.39 is 11.7 Å². The van der Waals surface area contributed by atoms with Crippen molar-refractivity contribution in [3.8, 4) is 0 Å². The molecule has 34 heavy (non-hydrogen) atoms. The number of ketones is 1. The van der Waals surface area contributed by atoms with Gasteiger partial charge in [0.15, 0.2) is 0 Å². The molecule has 2 aromatic rings. The van der Waals surface area contributed by atoms with E-state index in [1.54, 1.807) is 4.90 Å². The molecule has 1 heterocycles. The zero-order valence-electron chi connectivity index (χ0n) is 19.0. The van der Waals surface area contributed by atoms with Gasteiger partial charge in [0.1, 0.15) is 5.78 Å². The van der Waals surface area contributed by atoms with Crippen molar-refractivity contribution in [1.29, 1.82) is 0 Å². The predicted octanol–water partition coefficient (Wildman–Crippen LogP) is 6.90. The molecule has 7 heteroatoms. The predicted molar refractivity (Wildman–Crippen MR) is 129 cm³/mol. The van der Waals surface area contributed by atoms with Crippen LogP contribution in [0.4, 0.5) is 13.2 Å². The van der Waals surface area contributed by atoms with E-state index in [2.05, 4.69) is 22.0 Å². The van der Waals surface area contributed by atoms with Crippen molar-refractivity contribution in [3.63, 3.8) is 0 Å². The molecule has 1 amide bonds. The lowest BCUT2D eigenvalue weighted by molar-refractivity contribution is -0.137.